The smallest absolute Gasteiger partial charge is 0.191 e. The molecule has 1 atom stereocenters. The van der Waals surface area contributed by atoms with Crippen molar-refractivity contribution in [1.29, 1.82) is 0 Å². The minimum absolute atomic E-state index is 0. The standard InChI is InChI=1S/C21H28N6.HI/c1-4-20-26-24-15-27(20)14-13-23-21(22-5-2)25-16(3)18-12-8-10-17-9-6-7-11-19(17)18;/h6-12,15-16H,4-5,13-14H2,1-3H3,(H2,22,23,25);1H. The van der Waals surface area contributed by atoms with Crippen LogP contribution in [0.15, 0.2) is 53.8 Å². The third kappa shape index (κ3) is 5.43. The number of aliphatic imine (C=N–C) groups is 1. The predicted molar refractivity (Wildman–Crippen MR) is 126 cm³/mol. The molecule has 150 valence electrons. The minimum atomic E-state index is 0. The van der Waals surface area contributed by atoms with Crippen LogP contribution in [0.25, 0.3) is 10.8 Å². The highest BCUT2D eigenvalue weighted by atomic mass is 127. The summed E-state index contributed by atoms with van der Waals surface area (Å²) < 4.78 is 2.06. The molecule has 0 fully saturated rings. The van der Waals surface area contributed by atoms with E-state index in [0.29, 0.717) is 6.54 Å². The summed E-state index contributed by atoms with van der Waals surface area (Å²) in [6, 6.07) is 15.1. The molecule has 0 bridgehead atoms. The fraction of sp³-hybridized carbons (Fsp3) is 0.381. The van der Waals surface area contributed by atoms with E-state index in [1.54, 1.807) is 6.33 Å². The number of nitrogens with one attached hydrogen (secondary N) is 2. The molecule has 3 rings (SSSR count). The van der Waals surface area contributed by atoms with Crippen molar-refractivity contribution in [3.8, 4) is 0 Å². The Labute approximate surface area is 183 Å². The monoisotopic (exact) mass is 492 g/mol. The number of rotatable bonds is 7. The molecule has 0 spiro atoms. The molecule has 0 aliphatic heterocycles. The number of hydrogen-bond acceptors (Lipinski definition) is 3. The Balaban J connectivity index is 0.00000280. The quantitative estimate of drug-likeness (QED) is 0.298. The Hall–Kier alpha value is -2.16. The van der Waals surface area contributed by atoms with Crippen molar-refractivity contribution < 1.29 is 0 Å². The van der Waals surface area contributed by atoms with E-state index in [1.165, 1.54) is 16.3 Å². The average molecular weight is 492 g/mol. The van der Waals surface area contributed by atoms with Crippen LogP contribution < -0.4 is 10.6 Å². The SMILES string of the molecule is CCNC(=NCCn1cnnc1CC)NC(C)c1cccc2ccccc12.I. The van der Waals surface area contributed by atoms with Crippen LogP contribution in [0.4, 0.5) is 0 Å². The number of guanidine groups is 1. The van der Waals surface area contributed by atoms with E-state index in [4.69, 9.17) is 4.99 Å². The highest BCUT2D eigenvalue weighted by molar-refractivity contribution is 14.0. The van der Waals surface area contributed by atoms with Crippen molar-refractivity contribution in [2.75, 3.05) is 13.1 Å². The number of aryl methyl sites for hydroxylation is 1. The molecule has 1 heterocycles. The van der Waals surface area contributed by atoms with Gasteiger partial charge in [-0.3, -0.25) is 4.99 Å². The molecule has 2 N–H and O–H groups in total. The highest BCUT2D eigenvalue weighted by Gasteiger charge is 2.11. The normalized spacial score (nSPS) is 12.5. The Morgan fingerprint density at radius 2 is 1.93 bits per heavy atom. The third-order valence-corrected chi connectivity index (χ3v) is 4.61. The Morgan fingerprint density at radius 3 is 2.71 bits per heavy atom. The number of halogens is 1. The first-order valence-electron chi connectivity index (χ1n) is 9.62. The molecule has 28 heavy (non-hydrogen) atoms. The number of hydrogen-bond donors (Lipinski definition) is 2. The van der Waals surface area contributed by atoms with E-state index in [9.17, 15) is 0 Å². The molecule has 7 heteroatoms. The van der Waals surface area contributed by atoms with Gasteiger partial charge in [0.2, 0.25) is 0 Å². The zero-order chi connectivity index (χ0) is 19.1. The molecule has 3 aromatic rings. The summed E-state index contributed by atoms with van der Waals surface area (Å²) in [6.07, 6.45) is 2.65. The van der Waals surface area contributed by atoms with E-state index in [2.05, 4.69) is 88.6 Å². The van der Waals surface area contributed by atoms with Crippen molar-refractivity contribution in [1.82, 2.24) is 25.4 Å². The molecule has 0 radical (unpaired) electrons. The van der Waals surface area contributed by atoms with Gasteiger partial charge in [-0.2, -0.15) is 0 Å². The van der Waals surface area contributed by atoms with Gasteiger partial charge in [-0.15, -0.1) is 34.2 Å². The van der Waals surface area contributed by atoms with Gasteiger partial charge in [-0.25, -0.2) is 0 Å². The van der Waals surface area contributed by atoms with Crippen molar-refractivity contribution in [2.24, 2.45) is 4.99 Å². The highest BCUT2D eigenvalue weighted by Crippen LogP contribution is 2.23. The van der Waals surface area contributed by atoms with E-state index >= 15 is 0 Å². The predicted octanol–water partition coefficient (Wildman–Crippen LogP) is 3.93. The fourth-order valence-electron chi connectivity index (χ4n) is 3.24. The Kier molecular flexibility index (Phi) is 8.69. The molecule has 0 amide bonds. The maximum atomic E-state index is 4.73. The van der Waals surface area contributed by atoms with Gasteiger partial charge in [-0.05, 0) is 30.2 Å². The van der Waals surface area contributed by atoms with Crippen LogP contribution in [0.5, 0.6) is 0 Å². The molecule has 0 aliphatic rings. The van der Waals surface area contributed by atoms with Gasteiger partial charge in [0.05, 0.1) is 12.6 Å². The largest absolute Gasteiger partial charge is 0.357 e. The van der Waals surface area contributed by atoms with Crippen molar-refractivity contribution >= 4 is 40.7 Å². The fourth-order valence-corrected chi connectivity index (χ4v) is 3.24. The third-order valence-electron chi connectivity index (χ3n) is 4.61. The van der Waals surface area contributed by atoms with Gasteiger partial charge in [-0.1, -0.05) is 49.4 Å². The number of aromatic nitrogens is 3. The maximum Gasteiger partial charge on any atom is 0.191 e. The van der Waals surface area contributed by atoms with Gasteiger partial charge in [0.1, 0.15) is 12.2 Å². The molecule has 6 nitrogen and oxygen atoms in total. The Morgan fingerprint density at radius 1 is 1.14 bits per heavy atom. The summed E-state index contributed by atoms with van der Waals surface area (Å²) in [5.41, 5.74) is 1.27. The Bertz CT molecular complexity index is 899. The lowest BCUT2D eigenvalue weighted by Gasteiger charge is -2.20. The van der Waals surface area contributed by atoms with Crippen LogP contribution in [0.2, 0.25) is 0 Å². The second-order valence-corrected chi connectivity index (χ2v) is 6.49. The van der Waals surface area contributed by atoms with Gasteiger partial charge < -0.3 is 15.2 Å². The summed E-state index contributed by atoms with van der Waals surface area (Å²) in [7, 11) is 0. The van der Waals surface area contributed by atoms with Crippen LogP contribution in [0, 0.1) is 0 Å². The molecule has 1 aromatic heterocycles. The minimum Gasteiger partial charge on any atom is -0.357 e. The summed E-state index contributed by atoms with van der Waals surface area (Å²) in [5, 5.41) is 17.5. The molecule has 2 aromatic carbocycles. The second-order valence-electron chi connectivity index (χ2n) is 6.49. The molecule has 1 unspecified atom stereocenters. The van der Waals surface area contributed by atoms with Crippen LogP contribution in [-0.2, 0) is 13.0 Å². The van der Waals surface area contributed by atoms with E-state index in [-0.39, 0.29) is 30.0 Å². The molecule has 0 saturated carbocycles. The summed E-state index contributed by atoms with van der Waals surface area (Å²) in [4.78, 5) is 4.73. The van der Waals surface area contributed by atoms with Gasteiger partial charge in [0.15, 0.2) is 5.96 Å². The topological polar surface area (TPSA) is 67.1 Å². The van der Waals surface area contributed by atoms with Crippen molar-refractivity contribution in [3.63, 3.8) is 0 Å². The van der Waals surface area contributed by atoms with Gasteiger partial charge >= 0.3 is 0 Å². The zero-order valence-electron chi connectivity index (χ0n) is 16.7. The first-order valence-corrected chi connectivity index (χ1v) is 9.62. The molecule has 0 saturated heterocycles. The van der Waals surface area contributed by atoms with Crippen LogP contribution in [0.3, 0.4) is 0 Å². The van der Waals surface area contributed by atoms with Gasteiger partial charge in [0, 0.05) is 19.5 Å². The molecule has 0 aliphatic carbocycles. The van der Waals surface area contributed by atoms with E-state index < -0.39 is 0 Å². The van der Waals surface area contributed by atoms with Gasteiger partial charge in [0.25, 0.3) is 0 Å². The maximum absolute atomic E-state index is 4.73. The molecular formula is C21H29IN6. The van der Waals surface area contributed by atoms with Crippen LogP contribution >= 0.6 is 24.0 Å². The summed E-state index contributed by atoms with van der Waals surface area (Å²) >= 11 is 0. The zero-order valence-corrected chi connectivity index (χ0v) is 19.1. The lowest BCUT2D eigenvalue weighted by molar-refractivity contribution is 0.651. The lowest BCUT2D eigenvalue weighted by Crippen LogP contribution is -2.39. The molecular weight excluding hydrogens is 463 g/mol. The number of nitrogens with zero attached hydrogens (tertiary/aromatic N) is 4. The van der Waals surface area contributed by atoms with Crippen LogP contribution in [0.1, 0.15) is 38.2 Å². The first kappa shape index (κ1) is 22.1. The summed E-state index contributed by atoms with van der Waals surface area (Å²) in [5.74, 6) is 1.82. The second kappa shape index (κ2) is 11.0. The number of benzene rings is 2. The van der Waals surface area contributed by atoms with Crippen molar-refractivity contribution in [3.05, 3.63) is 60.2 Å². The average Bonchev–Trinajstić information content (AvgIpc) is 3.15. The number of fused-ring (bicyclic) bond motifs is 1. The first-order chi connectivity index (χ1) is 13.2. The van der Waals surface area contributed by atoms with Crippen LogP contribution in [-0.4, -0.2) is 33.8 Å². The van der Waals surface area contributed by atoms with E-state index in [1.807, 2.05) is 0 Å². The van der Waals surface area contributed by atoms with E-state index in [0.717, 1.165) is 31.3 Å². The van der Waals surface area contributed by atoms with Crippen molar-refractivity contribution in [2.45, 2.75) is 39.8 Å². The lowest BCUT2D eigenvalue weighted by atomic mass is 10.00. The summed E-state index contributed by atoms with van der Waals surface area (Å²) in [6.45, 7) is 8.60.